The average molecular weight is 274 g/mol. The van der Waals surface area contributed by atoms with Crippen LogP contribution >= 0.6 is 0 Å². The first-order valence-corrected chi connectivity index (χ1v) is 6.46. The number of carbonyl (C=O) groups is 2. The first kappa shape index (κ1) is 15.7. The van der Waals surface area contributed by atoms with Gasteiger partial charge in [0.1, 0.15) is 0 Å². The van der Waals surface area contributed by atoms with Gasteiger partial charge in [-0.2, -0.15) is 0 Å². The Hall–Kier alpha value is -1.34. The number of carboxylic acids is 1. The van der Waals surface area contributed by atoms with Gasteiger partial charge >= 0.3 is 12.0 Å². The Morgan fingerprint density at radius 1 is 1.47 bits per heavy atom. The normalized spacial score (nSPS) is 24.9. The van der Waals surface area contributed by atoms with E-state index in [0.29, 0.717) is 26.1 Å². The van der Waals surface area contributed by atoms with Crippen molar-refractivity contribution in [1.82, 2.24) is 10.2 Å². The van der Waals surface area contributed by atoms with E-state index >= 15 is 0 Å². The number of ether oxygens (including phenoxy) is 1. The summed E-state index contributed by atoms with van der Waals surface area (Å²) in [5, 5.41) is 20.5. The van der Waals surface area contributed by atoms with Gasteiger partial charge in [-0.15, -0.1) is 0 Å². The SMILES string of the molecule is CC1CN(C(=O)NCCC(C)C(=O)O)CC(CO)O1. The molecule has 3 atom stereocenters. The molecule has 0 aromatic rings. The second kappa shape index (κ2) is 7.30. The topological polar surface area (TPSA) is 99.1 Å². The zero-order valence-electron chi connectivity index (χ0n) is 11.3. The minimum Gasteiger partial charge on any atom is -0.481 e. The molecule has 1 rings (SSSR count). The predicted octanol–water partition coefficient (Wildman–Crippen LogP) is -0.112. The van der Waals surface area contributed by atoms with Crippen molar-refractivity contribution in [3.63, 3.8) is 0 Å². The van der Waals surface area contributed by atoms with Gasteiger partial charge in [0.15, 0.2) is 0 Å². The zero-order chi connectivity index (χ0) is 14.4. The minimum atomic E-state index is -0.866. The highest BCUT2D eigenvalue weighted by molar-refractivity contribution is 5.74. The van der Waals surface area contributed by atoms with Crippen LogP contribution in [-0.4, -0.2) is 65.6 Å². The van der Waals surface area contributed by atoms with Crippen LogP contribution in [0.25, 0.3) is 0 Å². The number of nitrogens with zero attached hydrogens (tertiary/aromatic N) is 1. The molecule has 7 heteroatoms. The maximum Gasteiger partial charge on any atom is 0.317 e. The van der Waals surface area contributed by atoms with Crippen molar-refractivity contribution in [2.24, 2.45) is 5.92 Å². The van der Waals surface area contributed by atoms with E-state index < -0.39 is 11.9 Å². The standard InChI is InChI=1S/C12H22N2O5/c1-8(11(16)17)3-4-13-12(18)14-5-9(2)19-10(6-14)7-15/h8-10,15H,3-7H2,1-2H3,(H,13,18)(H,16,17). The Balaban J connectivity index is 2.34. The molecule has 3 unspecified atom stereocenters. The van der Waals surface area contributed by atoms with E-state index in [9.17, 15) is 9.59 Å². The largest absolute Gasteiger partial charge is 0.481 e. The number of aliphatic carboxylic acids is 1. The van der Waals surface area contributed by atoms with Gasteiger partial charge in [0, 0.05) is 13.1 Å². The van der Waals surface area contributed by atoms with E-state index in [1.807, 2.05) is 6.92 Å². The van der Waals surface area contributed by atoms with Crippen molar-refractivity contribution in [3.8, 4) is 0 Å². The van der Waals surface area contributed by atoms with Crippen molar-refractivity contribution < 1.29 is 24.5 Å². The average Bonchev–Trinajstić information content (AvgIpc) is 2.37. The summed E-state index contributed by atoms with van der Waals surface area (Å²) in [6.07, 6.45) is -0.0771. The minimum absolute atomic E-state index is 0.116. The lowest BCUT2D eigenvalue weighted by atomic mass is 10.1. The number of carboxylic acid groups (broad SMARTS) is 1. The molecule has 2 amide bonds. The van der Waals surface area contributed by atoms with Crippen LogP contribution in [0.5, 0.6) is 0 Å². The Bertz CT molecular complexity index is 323. The number of urea groups is 1. The van der Waals surface area contributed by atoms with Crippen molar-refractivity contribution in [3.05, 3.63) is 0 Å². The Morgan fingerprint density at radius 2 is 2.16 bits per heavy atom. The first-order chi connectivity index (χ1) is 8.93. The van der Waals surface area contributed by atoms with Gasteiger partial charge in [-0.1, -0.05) is 6.92 Å². The third-order valence-electron chi connectivity index (χ3n) is 3.09. The number of hydrogen-bond donors (Lipinski definition) is 3. The molecule has 1 saturated heterocycles. The number of aliphatic hydroxyl groups is 1. The van der Waals surface area contributed by atoms with E-state index in [-0.39, 0.29) is 24.8 Å². The highest BCUT2D eigenvalue weighted by Gasteiger charge is 2.27. The van der Waals surface area contributed by atoms with E-state index in [0.717, 1.165) is 0 Å². The maximum absolute atomic E-state index is 11.9. The molecule has 0 radical (unpaired) electrons. The summed E-state index contributed by atoms with van der Waals surface area (Å²) in [5.41, 5.74) is 0. The molecule has 3 N–H and O–H groups in total. The third-order valence-corrected chi connectivity index (χ3v) is 3.09. The molecule has 0 spiro atoms. The van der Waals surface area contributed by atoms with Crippen LogP contribution in [0.3, 0.4) is 0 Å². The number of nitrogens with one attached hydrogen (secondary N) is 1. The molecule has 110 valence electrons. The number of aliphatic hydroxyl groups excluding tert-OH is 1. The highest BCUT2D eigenvalue weighted by Crippen LogP contribution is 2.10. The van der Waals surface area contributed by atoms with Crippen LogP contribution in [-0.2, 0) is 9.53 Å². The van der Waals surface area contributed by atoms with Crippen LogP contribution in [0.2, 0.25) is 0 Å². The number of hydrogen-bond acceptors (Lipinski definition) is 4. The lowest BCUT2D eigenvalue weighted by Gasteiger charge is -2.36. The molecule has 1 fully saturated rings. The fourth-order valence-electron chi connectivity index (χ4n) is 1.94. The van der Waals surface area contributed by atoms with Gasteiger partial charge in [0.05, 0.1) is 31.3 Å². The summed E-state index contributed by atoms with van der Waals surface area (Å²) in [4.78, 5) is 24.1. The van der Waals surface area contributed by atoms with Crippen LogP contribution in [0.15, 0.2) is 0 Å². The van der Waals surface area contributed by atoms with Crippen molar-refractivity contribution in [1.29, 1.82) is 0 Å². The lowest BCUT2D eigenvalue weighted by molar-refractivity contribution is -0.141. The second-order valence-electron chi connectivity index (χ2n) is 4.92. The first-order valence-electron chi connectivity index (χ1n) is 6.46. The molecule has 0 aromatic heterocycles. The Kier molecular flexibility index (Phi) is 6.04. The van der Waals surface area contributed by atoms with E-state index in [4.69, 9.17) is 14.9 Å². The van der Waals surface area contributed by atoms with Crippen LogP contribution in [0.1, 0.15) is 20.3 Å². The second-order valence-corrected chi connectivity index (χ2v) is 4.92. The summed E-state index contributed by atoms with van der Waals surface area (Å²) < 4.78 is 5.44. The Labute approximate surface area is 112 Å². The van der Waals surface area contributed by atoms with E-state index in [2.05, 4.69) is 5.32 Å². The molecule has 0 aromatic carbocycles. The van der Waals surface area contributed by atoms with Crippen LogP contribution in [0.4, 0.5) is 4.79 Å². The highest BCUT2D eigenvalue weighted by atomic mass is 16.5. The summed E-state index contributed by atoms with van der Waals surface area (Å²) in [6.45, 7) is 4.46. The summed E-state index contributed by atoms with van der Waals surface area (Å²) >= 11 is 0. The number of rotatable bonds is 5. The molecule has 1 heterocycles. The number of morpholine rings is 1. The van der Waals surface area contributed by atoms with E-state index in [1.165, 1.54) is 0 Å². The van der Waals surface area contributed by atoms with Gasteiger partial charge in [0.2, 0.25) is 0 Å². The predicted molar refractivity (Wildman–Crippen MR) is 67.8 cm³/mol. The van der Waals surface area contributed by atoms with Gasteiger partial charge in [-0.3, -0.25) is 4.79 Å². The monoisotopic (exact) mass is 274 g/mol. The fourth-order valence-corrected chi connectivity index (χ4v) is 1.94. The summed E-state index contributed by atoms with van der Waals surface area (Å²) in [5.74, 6) is -1.34. The third kappa shape index (κ3) is 5.04. The van der Waals surface area contributed by atoms with Crippen LogP contribution in [0, 0.1) is 5.92 Å². The van der Waals surface area contributed by atoms with Gasteiger partial charge < -0.3 is 25.2 Å². The fraction of sp³-hybridized carbons (Fsp3) is 0.833. The van der Waals surface area contributed by atoms with Gasteiger partial charge in [-0.05, 0) is 13.3 Å². The molecule has 0 aliphatic carbocycles. The summed E-state index contributed by atoms with van der Waals surface area (Å²) in [7, 11) is 0. The van der Waals surface area contributed by atoms with E-state index in [1.54, 1.807) is 11.8 Å². The molecule has 0 saturated carbocycles. The summed E-state index contributed by atoms with van der Waals surface area (Å²) in [6, 6.07) is -0.244. The van der Waals surface area contributed by atoms with Gasteiger partial charge in [-0.25, -0.2) is 4.79 Å². The van der Waals surface area contributed by atoms with Crippen molar-refractivity contribution in [2.75, 3.05) is 26.2 Å². The zero-order valence-corrected chi connectivity index (χ0v) is 11.3. The quantitative estimate of drug-likeness (QED) is 0.649. The molecule has 1 aliphatic heterocycles. The molecule has 1 aliphatic rings. The van der Waals surface area contributed by atoms with Crippen LogP contribution < -0.4 is 5.32 Å². The molecule has 7 nitrogen and oxygen atoms in total. The maximum atomic E-state index is 11.9. The molecule has 19 heavy (non-hydrogen) atoms. The number of carbonyl (C=O) groups excluding carboxylic acids is 1. The van der Waals surface area contributed by atoms with Crippen molar-refractivity contribution in [2.45, 2.75) is 32.5 Å². The molecular weight excluding hydrogens is 252 g/mol. The van der Waals surface area contributed by atoms with Crippen molar-refractivity contribution >= 4 is 12.0 Å². The Morgan fingerprint density at radius 3 is 2.74 bits per heavy atom. The molecule has 0 bridgehead atoms. The number of amides is 2. The smallest absolute Gasteiger partial charge is 0.317 e. The lowest BCUT2D eigenvalue weighted by Crippen LogP contribution is -2.53. The van der Waals surface area contributed by atoms with Gasteiger partial charge in [0.25, 0.3) is 0 Å². The molecular formula is C12H22N2O5.